The van der Waals surface area contributed by atoms with Gasteiger partial charge in [0.05, 0.1) is 24.9 Å². The van der Waals surface area contributed by atoms with Crippen LogP contribution in [0.25, 0.3) is 10.4 Å². The quantitative estimate of drug-likeness (QED) is 0.0581. The van der Waals surface area contributed by atoms with E-state index in [4.69, 9.17) is 14.4 Å². The third-order valence-electron chi connectivity index (χ3n) is 5.47. The second-order valence-corrected chi connectivity index (χ2v) is 20.0. The molecule has 6 nitrogen and oxygen atoms in total. The van der Waals surface area contributed by atoms with E-state index >= 15 is 0 Å². The number of azide groups is 1. The Hall–Kier alpha value is -0.376. The molecule has 0 aromatic heterocycles. The van der Waals surface area contributed by atoms with Gasteiger partial charge in [0.25, 0.3) is 0 Å². The molecule has 0 saturated heterocycles. The van der Waals surface area contributed by atoms with Crippen LogP contribution in [0, 0.1) is 0 Å². The van der Waals surface area contributed by atoms with Gasteiger partial charge >= 0.3 is 0 Å². The van der Waals surface area contributed by atoms with Gasteiger partial charge in [-0.1, -0.05) is 89.1 Å². The van der Waals surface area contributed by atoms with E-state index in [-0.39, 0.29) is 18.8 Å². The van der Waals surface area contributed by atoms with Crippen molar-refractivity contribution in [3.63, 3.8) is 0 Å². The fourth-order valence-corrected chi connectivity index (χ4v) is 6.30. The summed E-state index contributed by atoms with van der Waals surface area (Å²) in [5.41, 5.74) is 8.99. The smallest absolute Gasteiger partial charge is 0.184 e. The molecule has 0 radical (unpaired) electrons. The zero-order chi connectivity index (χ0) is 24.5. The lowest BCUT2D eigenvalue weighted by atomic mass is 10.00. The lowest BCUT2D eigenvalue weighted by Gasteiger charge is -2.38. The molecule has 0 aliphatic heterocycles. The van der Waals surface area contributed by atoms with E-state index in [0.29, 0.717) is 0 Å². The van der Waals surface area contributed by atoms with Crippen molar-refractivity contribution in [3.8, 4) is 0 Å². The van der Waals surface area contributed by atoms with Crippen molar-refractivity contribution in [1.82, 2.24) is 0 Å². The van der Waals surface area contributed by atoms with Crippen LogP contribution in [0.15, 0.2) is 5.11 Å². The fraction of sp³-hybridized carbons (Fsp3) is 1.00. The van der Waals surface area contributed by atoms with Gasteiger partial charge in [0.1, 0.15) is 0 Å². The molecule has 0 heterocycles. The molecular weight excluding hydrogens is 434 g/mol. The maximum absolute atomic E-state index is 9.87. The van der Waals surface area contributed by atoms with Gasteiger partial charge in [0.2, 0.25) is 0 Å². The van der Waals surface area contributed by atoms with E-state index in [2.05, 4.69) is 56.2 Å². The molecule has 0 fully saturated rings. The lowest BCUT2D eigenvalue weighted by molar-refractivity contribution is 0.00928. The van der Waals surface area contributed by atoms with Crippen molar-refractivity contribution >= 4 is 16.6 Å². The van der Waals surface area contributed by atoms with Crippen molar-refractivity contribution in [3.05, 3.63) is 10.4 Å². The van der Waals surface area contributed by atoms with Crippen LogP contribution in [0.5, 0.6) is 0 Å². The molecule has 0 rings (SSSR count). The first-order chi connectivity index (χ1) is 15.0. The largest absolute Gasteiger partial charge is 0.412 e. The second kappa shape index (κ2) is 18.0. The van der Waals surface area contributed by atoms with Crippen LogP contribution in [0.3, 0.4) is 0 Å². The third-order valence-corrected chi connectivity index (χ3v) is 7.46. The maximum Gasteiger partial charge on any atom is 0.184 e. The molecule has 32 heavy (non-hydrogen) atoms. The van der Waals surface area contributed by atoms with Crippen LogP contribution < -0.4 is 0 Å². The first-order valence-electron chi connectivity index (χ1n) is 13.0. The van der Waals surface area contributed by atoms with Gasteiger partial charge in [-0.3, -0.25) is 0 Å². The highest BCUT2D eigenvalue weighted by Crippen LogP contribution is 2.25. The highest BCUT2D eigenvalue weighted by Gasteiger charge is 2.36. The summed E-state index contributed by atoms with van der Waals surface area (Å²) in [6.45, 7) is 15.0. The molecule has 0 unspecified atom stereocenters. The van der Waals surface area contributed by atoms with Crippen molar-refractivity contribution in [2.24, 2.45) is 5.11 Å². The number of hydrogen-bond acceptors (Lipinski definition) is 4. The van der Waals surface area contributed by atoms with Crippen molar-refractivity contribution in [2.75, 3.05) is 6.61 Å². The third kappa shape index (κ3) is 18.1. The Labute approximate surface area is 200 Å². The average molecular weight is 488 g/mol. The molecule has 0 aromatic rings. The molecule has 8 heteroatoms. The van der Waals surface area contributed by atoms with E-state index < -0.39 is 22.7 Å². The summed E-state index contributed by atoms with van der Waals surface area (Å²) >= 11 is 0. The zero-order valence-electron chi connectivity index (χ0n) is 22.2. The van der Waals surface area contributed by atoms with Gasteiger partial charge < -0.3 is 14.0 Å². The molecule has 0 aromatic carbocycles. The molecule has 0 amide bonds. The van der Waals surface area contributed by atoms with Gasteiger partial charge in [0, 0.05) is 4.91 Å². The van der Waals surface area contributed by atoms with Crippen LogP contribution in [0.1, 0.15) is 90.4 Å². The van der Waals surface area contributed by atoms with E-state index in [1.54, 1.807) is 0 Å². The topological polar surface area (TPSA) is 87.5 Å². The Morgan fingerprint density at radius 3 is 1.56 bits per heavy atom. The zero-order valence-corrected chi connectivity index (χ0v) is 24.2. The molecule has 0 spiro atoms. The van der Waals surface area contributed by atoms with Crippen molar-refractivity contribution in [2.45, 2.75) is 148 Å². The first kappa shape index (κ1) is 31.6. The highest BCUT2D eigenvalue weighted by atomic mass is 28.4. The molecular formula is C24H53N3O3Si2. The highest BCUT2D eigenvalue weighted by molar-refractivity contribution is 6.70. The Bertz CT molecular complexity index is 504. The molecule has 0 saturated carbocycles. The molecule has 190 valence electrons. The summed E-state index contributed by atoms with van der Waals surface area (Å²) < 4.78 is 12.9. The normalized spacial score (nSPS) is 15.2. The number of aliphatic hydroxyl groups is 1. The second-order valence-electron chi connectivity index (χ2n) is 11.1. The number of aliphatic hydroxyl groups excluding tert-OH is 1. The lowest BCUT2D eigenvalue weighted by Crippen LogP contribution is -2.50. The molecule has 0 bridgehead atoms. The Morgan fingerprint density at radius 1 is 0.750 bits per heavy atom. The minimum Gasteiger partial charge on any atom is -0.412 e. The van der Waals surface area contributed by atoms with Crippen molar-refractivity contribution < 1.29 is 14.0 Å². The number of nitrogens with zero attached hydrogens (tertiary/aromatic N) is 3. The molecule has 3 atom stereocenters. The number of rotatable bonds is 21. The monoisotopic (exact) mass is 487 g/mol. The Morgan fingerprint density at radius 2 is 1.19 bits per heavy atom. The first-order valence-corrected chi connectivity index (χ1v) is 19.9. The van der Waals surface area contributed by atoms with Gasteiger partial charge in [-0.2, -0.15) is 0 Å². The van der Waals surface area contributed by atoms with Crippen LogP contribution in [0.2, 0.25) is 39.3 Å². The number of hydrogen-bond donors (Lipinski definition) is 1. The van der Waals surface area contributed by atoms with Gasteiger partial charge in [-0.25, -0.2) is 0 Å². The molecule has 0 aliphatic carbocycles. The minimum atomic E-state index is -1.91. The van der Waals surface area contributed by atoms with Gasteiger partial charge in [-0.15, -0.1) is 0 Å². The van der Waals surface area contributed by atoms with E-state index in [1.807, 2.05) is 0 Å². The SMILES string of the molecule is CCCCCCCCCCCCCC[C@@H](O[Si](C)(C)C)[C@@H](O[Si](C)(C)C)[C@H](CO)N=[N+]=[N-]. The number of unbranched alkanes of at least 4 members (excludes halogenated alkanes) is 11. The Kier molecular flexibility index (Phi) is 17.8. The summed E-state index contributed by atoms with van der Waals surface area (Å²) in [6, 6.07) is -0.606. The van der Waals surface area contributed by atoms with Crippen LogP contribution >= 0.6 is 0 Å². The molecule has 0 aliphatic rings. The van der Waals surface area contributed by atoms with Gasteiger partial charge in [-0.05, 0) is 51.2 Å². The standard InChI is InChI=1S/C24H53N3O3Si2/c1-8-9-10-11-12-13-14-15-16-17-18-19-20-23(29-31(2,3)4)24(30-32(5,6)7)22(21-28)26-27-25/h22-24,28H,8-21H2,1-7H3/t22-,23+,24-/m0/s1. The van der Waals surface area contributed by atoms with Crippen molar-refractivity contribution in [1.29, 1.82) is 0 Å². The summed E-state index contributed by atoms with van der Waals surface area (Å²) in [5, 5.41) is 13.7. The van der Waals surface area contributed by atoms with E-state index in [9.17, 15) is 5.11 Å². The average Bonchev–Trinajstić information content (AvgIpc) is 2.69. The van der Waals surface area contributed by atoms with Crippen LogP contribution in [-0.2, 0) is 8.85 Å². The summed E-state index contributed by atoms with van der Waals surface area (Å²) in [5.74, 6) is 0. The predicted molar refractivity (Wildman–Crippen MR) is 142 cm³/mol. The molecule has 1 N–H and O–H groups in total. The van der Waals surface area contributed by atoms with E-state index in [1.165, 1.54) is 70.6 Å². The van der Waals surface area contributed by atoms with Crippen LogP contribution in [-0.4, -0.2) is 46.6 Å². The minimum absolute atomic E-state index is 0.140. The predicted octanol–water partition coefficient (Wildman–Crippen LogP) is 8.19. The maximum atomic E-state index is 9.87. The fourth-order valence-electron chi connectivity index (χ4n) is 4.01. The summed E-state index contributed by atoms with van der Waals surface area (Å²) in [4.78, 5) is 2.96. The van der Waals surface area contributed by atoms with Gasteiger partial charge in [0.15, 0.2) is 16.6 Å². The van der Waals surface area contributed by atoms with E-state index in [0.717, 1.165) is 12.8 Å². The summed E-state index contributed by atoms with van der Waals surface area (Å²) in [7, 11) is -3.73. The summed E-state index contributed by atoms with van der Waals surface area (Å²) in [6.07, 6.45) is 16.2. The Balaban J connectivity index is 4.60. The van der Waals surface area contributed by atoms with Crippen LogP contribution in [0.4, 0.5) is 0 Å².